The van der Waals surface area contributed by atoms with Gasteiger partial charge in [-0.2, -0.15) is 11.8 Å². The van der Waals surface area contributed by atoms with Gasteiger partial charge in [-0.3, -0.25) is 0 Å². The number of benzene rings is 1. The number of aryl methyl sites for hydroxylation is 2. The van der Waals surface area contributed by atoms with E-state index < -0.39 is 0 Å². The van der Waals surface area contributed by atoms with Gasteiger partial charge >= 0.3 is 0 Å². The molecule has 0 amide bonds. The molecular formula is C12H19NS. The molecule has 0 bridgehead atoms. The Morgan fingerprint density at radius 2 is 1.79 bits per heavy atom. The van der Waals surface area contributed by atoms with Crippen molar-refractivity contribution in [1.29, 1.82) is 0 Å². The van der Waals surface area contributed by atoms with Gasteiger partial charge in [0.2, 0.25) is 0 Å². The highest BCUT2D eigenvalue weighted by Gasteiger charge is 1.96. The molecule has 0 spiro atoms. The highest BCUT2D eigenvalue weighted by Crippen LogP contribution is 2.16. The molecule has 2 heteroatoms. The fraction of sp³-hybridized carbons (Fsp3) is 0.500. The lowest BCUT2D eigenvalue weighted by molar-refractivity contribution is 0.943. The first-order chi connectivity index (χ1) is 6.72. The molecule has 1 rings (SSSR count). The summed E-state index contributed by atoms with van der Waals surface area (Å²) in [6.45, 7) is 5.11. The molecule has 0 unspecified atom stereocenters. The Morgan fingerprint density at radius 3 is 2.36 bits per heavy atom. The maximum atomic E-state index is 5.44. The van der Waals surface area contributed by atoms with Crippen molar-refractivity contribution in [2.24, 2.45) is 5.73 Å². The Bertz CT molecular complexity index is 263. The Balaban J connectivity index is 2.42. The van der Waals surface area contributed by atoms with Crippen LogP contribution in [0.5, 0.6) is 0 Å². The minimum atomic E-state index is 0.805. The highest BCUT2D eigenvalue weighted by molar-refractivity contribution is 7.98. The van der Waals surface area contributed by atoms with Gasteiger partial charge in [0.15, 0.2) is 0 Å². The third kappa shape index (κ3) is 4.16. The van der Waals surface area contributed by atoms with E-state index >= 15 is 0 Å². The Labute approximate surface area is 91.1 Å². The first-order valence-electron chi connectivity index (χ1n) is 5.07. The molecule has 78 valence electrons. The van der Waals surface area contributed by atoms with E-state index in [0.29, 0.717) is 0 Å². The summed E-state index contributed by atoms with van der Waals surface area (Å²) in [4.78, 5) is 0. The number of thioether (sulfide) groups is 1. The highest BCUT2D eigenvalue weighted by atomic mass is 32.2. The molecule has 0 aromatic heterocycles. The van der Waals surface area contributed by atoms with Crippen molar-refractivity contribution in [3.8, 4) is 0 Å². The number of hydrogen-bond acceptors (Lipinski definition) is 2. The van der Waals surface area contributed by atoms with E-state index in [9.17, 15) is 0 Å². The number of rotatable bonds is 5. The van der Waals surface area contributed by atoms with Crippen molar-refractivity contribution in [3.05, 3.63) is 34.9 Å². The molecule has 0 saturated heterocycles. The van der Waals surface area contributed by atoms with Crippen LogP contribution in [-0.4, -0.2) is 12.3 Å². The molecule has 1 nitrogen and oxygen atoms in total. The predicted octanol–water partition coefficient (Wildman–Crippen LogP) is 2.89. The molecule has 2 N–H and O–H groups in total. The van der Waals surface area contributed by atoms with Gasteiger partial charge < -0.3 is 5.73 Å². The fourth-order valence-corrected chi connectivity index (χ4v) is 2.45. The second kappa shape index (κ2) is 6.10. The van der Waals surface area contributed by atoms with Crippen LogP contribution in [0.2, 0.25) is 0 Å². The van der Waals surface area contributed by atoms with Crippen LogP contribution in [0.4, 0.5) is 0 Å². The van der Waals surface area contributed by atoms with E-state index in [-0.39, 0.29) is 0 Å². The predicted molar refractivity (Wildman–Crippen MR) is 65.7 cm³/mol. The van der Waals surface area contributed by atoms with Crippen LogP contribution in [-0.2, 0) is 5.75 Å². The molecule has 1 aromatic carbocycles. The molecular weight excluding hydrogens is 190 g/mol. The molecule has 14 heavy (non-hydrogen) atoms. The Hall–Kier alpha value is -0.470. The van der Waals surface area contributed by atoms with Gasteiger partial charge in [-0.25, -0.2) is 0 Å². The van der Waals surface area contributed by atoms with Crippen LogP contribution in [0.25, 0.3) is 0 Å². The molecule has 0 fully saturated rings. The number of hydrogen-bond donors (Lipinski definition) is 1. The molecule has 0 heterocycles. The van der Waals surface area contributed by atoms with Crippen molar-refractivity contribution in [1.82, 2.24) is 0 Å². The summed E-state index contributed by atoms with van der Waals surface area (Å²) >= 11 is 1.97. The van der Waals surface area contributed by atoms with Crippen LogP contribution in [0.1, 0.15) is 23.1 Å². The average molecular weight is 209 g/mol. The maximum Gasteiger partial charge on any atom is 0.0184 e. The van der Waals surface area contributed by atoms with Crippen LogP contribution >= 0.6 is 11.8 Å². The first-order valence-corrected chi connectivity index (χ1v) is 6.23. The van der Waals surface area contributed by atoms with Gasteiger partial charge in [0.1, 0.15) is 0 Å². The maximum absolute atomic E-state index is 5.44. The summed E-state index contributed by atoms with van der Waals surface area (Å²) in [5.74, 6) is 2.28. The monoisotopic (exact) mass is 209 g/mol. The summed E-state index contributed by atoms with van der Waals surface area (Å²) in [7, 11) is 0. The van der Waals surface area contributed by atoms with Gasteiger partial charge in [0.05, 0.1) is 0 Å². The van der Waals surface area contributed by atoms with E-state index in [1.807, 2.05) is 11.8 Å². The lowest BCUT2D eigenvalue weighted by Crippen LogP contribution is -1.99. The summed E-state index contributed by atoms with van der Waals surface area (Å²) in [5, 5.41) is 0. The Kier molecular flexibility index (Phi) is 5.05. The van der Waals surface area contributed by atoms with Crippen LogP contribution in [0, 0.1) is 13.8 Å². The van der Waals surface area contributed by atoms with Crippen LogP contribution in [0.15, 0.2) is 18.2 Å². The standard InChI is InChI=1S/C12H19NS/c1-10-6-11(2)8-12(7-10)9-14-5-3-4-13/h6-8H,3-5,9,13H2,1-2H3. The largest absolute Gasteiger partial charge is 0.330 e. The zero-order valence-corrected chi connectivity index (χ0v) is 9.86. The van der Waals surface area contributed by atoms with E-state index in [2.05, 4.69) is 32.0 Å². The Morgan fingerprint density at radius 1 is 1.14 bits per heavy atom. The zero-order valence-electron chi connectivity index (χ0n) is 9.05. The summed E-state index contributed by atoms with van der Waals surface area (Å²) in [5.41, 5.74) is 9.60. The summed E-state index contributed by atoms with van der Waals surface area (Å²) < 4.78 is 0. The van der Waals surface area contributed by atoms with Gasteiger partial charge in [0, 0.05) is 5.75 Å². The molecule has 0 atom stereocenters. The molecule has 0 radical (unpaired) electrons. The van der Waals surface area contributed by atoms with Gasteiger partial charge in [0.25, 0.3) is 0 Å². The van der Waals surface area contributed by atoms with Crippen molar-refractivity contribution < 1.29 is 0 Å². The minimum Gasteiger partial charge on any atom is -0.330 e. The van der Waals surface area contributed by atoms with Gasteiger partial charge in [-0.15, -0.1) is 0 Å². The van der Waals surface area contributed by atoms with Crippen molar-refractivity contribution in [2.45, 2.75) is 26.0 Å². The van der Waals surface area contributed by atoms with E-state index in [4.69, 9.17) is 5.73 Å². The summed E-state index contributed by atoms with van der Waals surface area (Å²) in [6, 6.07) is 6.75. The average Bonchev–Trinajstić information content (AvgIpc) is 2.11. The molecule has 0 aliphatic rings. The van der Waals surface area contributed by atoms with E-state index in [1.165, 1.54) is 22.4 Å². The quantitative estimate of drug-likeness (QED) is 0.755. The second-order valence-corrected chi connectivity index (χ2v) is 4.80. The molecule has 0 aliphatic carbocycles. The zero-order chi connectivity index (χ0) is 10.4. The first kappa shape index (κ1) is 11.6. The molecule has 0 aliphatic heterocycles. The normalized spacial score (nSPS) is 10.5. The lowest BCUT2D eigenvalue weighted by atomic mass is 10.1. The smallest absolute Gasteiger partial charge is 0.0184 e. The topological polar surface area (TPSA) is 26.0 Å². The minimum absolute atomic E-state index is 0.805. The molecule has 0 saturated carbocycles. The third-order valence-corrected chi connectivity index (χ3v) is 3.16. The summed E-state index contributed by atoms with van der Waals surface area (Å²) in [6.07, 6.45) is 1.12. The van der Waals surface area contributed by atoms with E-state index in [1.54, 1.807) is 0 Å². The molecule has 1 aromatic rings. The van der Waals surface area contributed by atoms with Gasteiger partial charge in [-0.05, 0) is 38.1 Å². The van der Waals surface area contributed by atoms with Crippen molar-refractivity contribution >= 4 is 11.8 Å². The number of nitrogens with two attached hydrogens (primary N) is 1. The van der Waals surface area contributed by atoms with Crippen LogP contribution in [0.3, 0.4) is 0 Å². The lowest BCUT2D eigenvalue weighted by Gasteiger charge is -2.04. The van der Waals surface area contributed by atoms with E-state index in [0.717, 1.165) is 18.7 Å². The third-order valence-electron chi connectivity index (χ3n) is 2.04. The second-order valence-electron chi connectivity index (χ2n) is 3.69. The van der Waals surface area contributed by atoms with Gasteiger partial charge in [-0.1, -0.05) is 29.3 Å². The van der Waals surface area contributed by atoms with Crippen molar-refractivity contribution in [2.75, 3.05) is 12.3 Å². The van der Waals surface area contributed by atoms with Crippen molar-refractivity contribution in [3.63, 3.8) is 0 Å². The SMILES string of the molecule is Cc1cc(C)cc(CSCCCN)c1. The fourth-order valence-electron chi connectivity index (χ4n) is 1.53. The van der Waals surface area contributed by atoms with Crippen LogP contribution < -0.4 is 5.73 Å².